The van der Waals surface area contributed by atoms with Gasteiger partial charge < -0.3 is 10.5 Å². The molecule has 0 bridgehead atoms. The minimum absolute atomic E-state index is 0.00976. The number of rotatable bonds is 4. The highest BCUT2D eigenvalue weighted by Crippen LogP contribution is 2.28. The lowest BCUT2D eigenvalue weighted by molar-refractivity contribution is -0.183. The fraction of sp³-hybridized carbons (Fsp3) is 1.00. The van der Waals surface area contributed by atoms with E-state index in [1.807, 2.05) is 18.7 Å². The first kappa shape index (κ1) is 14.7. The number of alkyl halides is 3. The maximum atomic E-state index is 12.7. The van der Waals surface area contributed by atoms with E-state index in [4.69, 9.17) is 10.5 Å². The first-order valence-corrected chi connectivity index (χ1v) is 6.00. The molecule has 17 heavy (non-hydrogen) atoms. The lowest BCUT2D eigenvalue weighted by atomic mass is 10.0. The van der Waals surface area contributed by atoms with Gasteiger partial charge in [0.25, 0.3) is 0 Å². The summed E-state index contributed by atoms with van der Waals surface area (Å²) in [5.74, 6) is -1.44. The van der Waals surface area contributed by atoms with Crippen LogP contribution in [0, 0.1) is 5.92 Å². The van der Waals surface area contributed by atoms with Crippen molar-refractivity contribution in [3.63, 3.8) is 0 Å². The summed E-state index contributed by atoms with van der Waals surface area (Å²) in [6, 6.07) is 0.0719. The van der Waals surface area contributed by atoms with Gasteiger partial charge in [-0.05, 0) is 13.3 Å². The Kier molecular flexibility index (Phi) is 5.22. The van der Waals surface area contributed by atoms with Gasteiger partial charge in [0.1, 0.15) is 0 Å². The zero-order valence-electron chi connectivity index (χ0n) is 10.3. The summed E-state index contributed by atoms with van der Waals surface area (Å²) >= 11 is 0. The molecule has 3 unspecified atom stereocenters. The van der Waals surface area contributed by atoms with E-state index in [1.165, 1.54) is 0 Å². The van der Waals surface area contributed by atoms with Crippen molar-refractivity contribution >= 4 is 0 Å². The van der Waals surface area contributed by atoms with Gasteiger partial charge in [0.05, 0.1) is 18.6 Å². The molecule has 0 amide bonds. The van der Waals surface area contributed by atoms with Gasteiger partial charge in [-0.25, -0.2) is 0 Å². The molecule has 1 saturated heterocycles. The molecule has 1 rings (SSSR count). The predicted octanol–water partition coefficient (Wildman–Crippen LogP) is 1.62. The van der Waals surface area contributed by atoms with E-state index in [0.717, 1.165) is 6.42 Å². The maximum Gasteiger partial charge on any atom is 0.394 e. The first-order valence-electron chi connectivity index (χ1n) is 6.00. The number of morpholine rings is 1. The Balaban J connectivity index is 2.62. The zero-order valence-corrected chi connectivity index (χ0v) is 10.3. The van der Waals surface area contributed by atoms with E-state index in [0.29, 0.717) is 13.2 Å². The van der Waals surface area contributed by atoms with Gasteiger partial charge in [0, 0.05) is 25.7 Å². The lowest BCUT2D eigenvalue weighted by Gasteiger charge is -2.40. The number of halogens is 3. The molecule has 1 heterocycles. The number of hydrogen-bond acceptors (Lipinski definition) is 3. The van der Waals surface area contributed by atoms with Crippen LogP contribution in [0.4, 0.5) is 13.2 Å². The van der Waals surface area contributed by atoms with Crippen molar-refractivity contribution in [1.82, 2.24) is 4.90 Å². The Bertz CT molecular complexity index is 235. The fourth-order valence-electron chi connectivity index (χ4n) is 2.11. The molecule has 3 nitrogen and oxygen atoms in total. The number of ether oxygens (including phenoxy) is 1. The highest BCUT2D eigenvalue weighted by molar-refractivity contribution is 4.82. The van der Waals surface area contributed by atoms with E-state index in [1.54, 1.807) is 0 Å². The van der Waals surface area contributed by atoms with Crippen LogP contribution in [-0.4, -0.2) is 49.5 Å². The molecule has 0 aliphatic carbocycles. The summed E-state index contributed by atoms with van der Waals surface area (Å²) in [5, 5.41) is 0. The van der Waals surface area contributed by atoms with Gasteiger partial charge in [-0.15, -0.1) is 0 Å². The molecular formula is C11H21F3N2O. The molecule has 1 aliphatic heterocycles. The second-order valence-electron chi connectivity index (χ2n) is 4.63. The molecule has 0 saturated carbocycles. The lowest BCUT2D eigenvalue weighted by Crippen LogP contribution is -2.52. The van der Waals surface area contributed by atoms with Gasteiger partial charge >= 0.3 is 6.18 Å². The van der Waals surface area contributed by atoms with Gasteiger partial charge in [0.2, 0.25) is 0 Å². The number of nitrogens with zero attached hydrogens (tertiary/aromatic N) is 1. The van der Waals surface area contributed by atoms with Crippen molar-refractivity contribution in [3.8, 4) is 0 Å². The van der Waals surface area contributed by atoms with Gasteiger partial charge in [-0.3, -0.25) is 4.90 Å². The molecule has 0 radical (unpaired) electrons. The third kappa shape index (κ3) is 4.12. The summed E-state index contributed by atoms with van der Waals surface area (Å²) in [7, 11) is 0. The number of nitrogens with two attached hydrogens (primary N) is 1. The standard InChI is InChI=1S/C11H21F3N2O/c1-3-10-7-17-8(2)5-16(10)6-9(4-15)11(12,13)14/h8-10H,3-7,15H2,1-2H3. The summed E-state index contributed by atoms with van der Waals surface area (Å²) in [5.41, 5.74) is 5.22. The first-order chi connectivity index (χ1) is 7.88. The van der Waals surface area contributed by atoms with Crippen LogP contribution in [-0.2, 0) is 4.74 Å². The van der Waals surface area contributed by atoms with Crippen LogP contribution < -0.4 is 5.73 Å². The summed E-state index contributed by atoms with van der Waals surface area (Å²) < 4.78 is 43.5. The molecule has 0 aromatic carbocycles. The van der Waals surface area contributed by atoms with Crippen molar-refractivity contribution in [1.29, 1.82) is 0 Å². The highest BCUT2D eigenvalue weighted by atomic mass is 19.4. The predicted molar refractivity (Wildman–Crippen MR) is 59.7 cm³/mol. The highest BCUT2D eigenvalue weighted by Gasteiger charge is 2.41. The van der Waals surface area contributed by atoms with Crippen LogP contribution in [0.2, 0.25) is 0 Å². The average molecular weight is 254 g/mol. The molecule has 102 valence electrons. The fourth-order valence-corrected chi connectivity index (χ4v) is 2.11. The van der Waals surface area contributed by atoms with Crippen molar-refractivity contribution in [2.75, 3.05) is 26.2 Å². The second kappa shape index (κ2) is 6.02. The van der Waals surface area contributed by atoms with Crippen LogP contribution in [0.5, 0.6) is 0 Å². The maximum absolute atomic E-state index is 12.7. The quantitative estimate of drug-likeness (QED) is 0.828. The van der Waals surface area contributed by atoms with E-state index in [-0.39, 0.29) is 25.2 Å². The van der Waals surface area contributed by atoms with Gasteiger partial charge in [-0.2, -0.15) is 13.2 Å². The molecule has 2 N–H and O–H groups in total. The average Bonchev–Trinajstić information content (AvgIpc) is 2.24. The molecule has 1 aliphatic rings. The minimum atomic E-state index is -4.21. The monoisotopic (exact) mass is 254 g/mol. The molecule has 0 aromatic rings. The van der Waals surface area contributed by atoms with E-state index in [2.05, 4.69) is 0 Å². The van der Waals surface area contributed by atoms with Crippen LogP contribution in [0.3, 0.4) is 0 Å². The Hall–Kier alpha value is -0.330. The van der Waals surface area contributed by atoms with Crippen LogP contribution in [0.1, 0.15) is 20.3 Å². The van der Waals surface area contributed by atoms with E-state index < -0.39 is 12.1 Å². The molecule has 3 atom stereocenters. The van der Waals surface area contributed by atoms with Crippen LogP contribution in [0.25, 0.3) is 0 Å². The SMILES string of the molecule is CCC1COC(C)CN1CC(CN)C(F)(F)F. The normalized spacial score (nSPS) is 29.3. The minimum Gasteiger partial charge on any atom is -0.376 e. The Morgan fingerprint density at radius 2 is 2.12 bits per heavy atom. The third-order valence-corrected chi connectivity index (χ3v) is 3.25. The van der Waals surface area contributed by atoms with Crippen LogP contribution in [0.15, 0.2) is 0 Å². The van der Waals surface area contributed by atoms with Crippen LogP contribution >= 0.6 is 0 Å². The molecule has 6 heteroatoms. The van der Waals surface area contributed by atoms with Gasteiger partial charge in [-0.1, -0.05) is 6.92 Å². The third-order valence-electron chi connectivity index (χ3n) is 3.25. The summed E-state index contributed by atoms with van der Waals surface area (Å²) in [4.78, 5) is 1.86. The molecule has 0 aromatic heterocycles. The number of hydrogen-bond donors (Lipinski definition) is 1. The zero-order chi connectivity index (χ0) is 13.1. The Morgan fingerprint density at radius 3 is 2.59 bits per heavy atom. The second-order valence-corrected chi connectivity index (χ2v) is 4.63. The van der Waals surface area contributed by atoms with Crippen molar-refractivity contribution in [3.05, 3.63) is 0 Å². The topological polar surface area (TPSA) is 38.5 Å². The Morgan fingerprint density at radius 1 is 1.47 bits per heavy atom. The molecule has 0 spiro atoms. The largest absolute Gasteiger partial charge is 0.394 e. The van der Waals surface area contributed by atoms with Crippen molar-refractivity contribution in [2.24, 2.45) is 11.7 Å². The van der Waals surface area contributed by atoms with E-state index in [9.17, 15) is 13.2 Å². The van der Waals surface area contributed by atoms with Gasteiger partial charge in [0.15, 0.2) is 0 Å². The smallest absolute Gasteiger partial charge is 0.376 e. The van der Waals surface area contributed by atoms with Crippen molar-refractivity contribution in [2.45, 2.75) is 38.6 Å². The molecular weight excluding hydrogens is 233 g/mol. The van der Waals surface area contributed by atoms with Crippen molar-refractivity contribution < 1.29 is 17.9 Å². The van der Waals surface area contributed by atoms with E-state index >= 15 is 0 Å². The molecule has 1 fully saturated rings. The summed E-state index contributed by atoms with van der Waals surface area (Å²) in [6.07, 6.45) is -3.43. The summed E-state index contributed by atoms with van der Waals surface area (Å²) in [6.45, 7) is 4.52. The Labute approximate surface area is 100 Å².